The number of anilines is 1. The van der Waals surface area contributed by atoms with E-state index in [9.17, 15) is 9.59 Å². The Morgan fingerprint density at radius 2 is 2.00 bits per heavy atom. The summed E-state index contributed by atoms with van der Waals surface area (Å²) in [4.78, 5) is 27.6. The van der Waals surface area contributed by atoms with Crippen LogP contribution in [0.5, 0.6) is 0 Å². The summed E-state index contributed by atoms with van der Waals surface area (Å²) in [5.74, 6) is 0.741. The molecular weight excluding hydrogens is 312 g/mol. The maximum absolute atomic E-state index is 13.1. The van der Waals surface area contributed by atoms with Crippen LogP contribution in [0.15, 0.2) is 42.1 Å². The second-order valence-electron chi connectivity index (χ2n) is 7.57. The van der Waals surface area contributed by atoms with Crippen LogP contribution in [0, 0.1) is 11.3 Å². The average Bonchev–Trinajstić information content (AvgIpc) is 2.62. The van der Waals surface area contributed by atoms with Crippen LogP contribution in [0.1, 0.15) is 52.4 Å². The van der Waals surface area contributed by atoms with E-state index >= 15 is 0 Å². The van der Waals surface area contributed by atoms with Gasteiger partial charge >= 0.3 is 0 Å². The SMILES string of the molecule is CC(C)CCNC(=O)C12CCCC=C1N(c1ccccc1)C(=O)CC2. The molecule has 1 unspecified atom stereocenters. The van der Waals surface area contributed by atoms with Gasteiger partial charge in [0.05, 0.1) is 5.41 Å². The first-order valence-electron chi connectivity index (χ1n) is 9.41. The molecule has 0 aromatic heterocycles. The van der Waals surface area contributed by atoms with Crippen LogP contribution >= 0.6 is 0 Å². The fourth-order valence-corrected chi connectivity index (χ4v) is 3.94. The second kappa shape index (κ2) is 7.42. The Morgan fingerprint density at radius 3 is 2.72 bits per heavy atom. The van der Waals surface area contributed by atoms with Crippen molar-refractivity contribution in [3.8, 4) is 0 Å². The van der Waals surface area contributed by atoms with Crippen molar-refractivity contribution in [3.05, 3.63) is 42.1 Å². The molecule has 1 aromatic carbocycles. The second-order valence-corrected chi connectivity index (χ2v) is 7.57. The van der Waals surface area contributed by atoms with E-state index in [4.69, 9.17) is 0 Å². The highest BCUT2D eigenvalue weighted by molar-refractivity contribution is 6.02. The summed E-state index contributed by atoms with van der Waals surface area (Å²) in [5, 5.41) is 3.14. The van der Waals surface area contributed by atoms with Gasteiger partial charge in [0.2, 0.25) is 11.8 Å². The van der Waals surface area contributed by atoms with E-state index in [0.717, 1.165) is 37.1 Å². The molecule has 0 bridgehead atoms. The van der Waals surface area contributed by atoms with E-state index in [0.29, 0.717) is 25.3 Å². The summed E-state index contributed by atoms with van der Waals surface area (Å²) < 4.78 is 0. The van der Waals surface area contributed by atoms with Crippen molar-refractivity contribution in [2.45, 2.75) is 52.4 Å². The molecule has 1 saturated heterocycles. The molecule has 1 aliphatic carbocycles. The zero-order valence-corrected chi connectivity index (χ0v) is 15.3. The van der Waals surface area contributed by atoms with Crippen molar-refractivity contribution >= 4 is 17.5 Å². The first kappa shape index (κ1) is 17.7. The molecule has 0 radical (unpaired) electrons. The van der Waals surface area contributed by atoms with E-state index in [1.807, 2.05) is 30.3 Å². The molecule has 2 aliphatic rings. The standard InChI is InChI=1S/C21H28N2O2/c1-16(2)12-15-22-20(25)21-13-7-6-10-18(21)23(19(24)11-14-21)17-8-4-3-5-9-17/h3-5,8-10,16H,6-7,11-15H2,1-2H3,(H,22,25). The first-order valence-corrected chi connectivity index (χ1v) is 9.41. The third-order valence-corrected chi connectivity index (χ3v) is 5.35. The molecule has 4 nitrogen and oxygen atoms in total. The van der Waals surface area contributed by atoms with E-state index in [1.54, 1.807) is 4.90 Å². The monoisotopic (exact) mass is 340 g/mol. The van der Waals surface area contributed by atoms with Gasteiger partial charge in [-0.15, -0.1) is 0 Å². The fourth-order valence-electron chi connectivity index (χ4n) is 3.94. The van der Waals surface area contributed by atoms with Gasteiger partial charge in [-0.1, -0.05) is 38.1 Å². The van der Waals surface area contributed by atoms with E-state index in [1.165, 1.54) is 0 Å². The van der Waals surface area contributed by atoms with Crippen molar-refractivity contribution in [1.82, 2.24) is 5.32 Å². The number of hydrogen-bond acceptors (Lipinski definition) is 2. The van der Waals surface area contributed by atoms with Crippen molar-refractivity contribution < 1.29 is 9.59 Å². The number of benzene rings is 1. The van der Waals surface area contributed by atoms with Gasteiger partial charge in [-0.05, 0) is 50.2 Å². The highest BCUT2D eigenvalue weighted by Gasteiger charge is 2.49. The summed E-state index contributed by atoms with van der Waals surface area (Å²) in [5.41, 5.74) is 1.20. The number of rotatable bonds is 5. The molecule has 134 valence electrons. The predicted octanol–water partition coefficient (Wildman–Crippen LogP) is 4.03. The minimum atomic E-state index is -0.557. The van der Waals surface area contributed by atoms with Gasteiger partial charge in [0, 0.05) is 24.4 Å². The van der Waals surface area contributed by atoms with Crippen LogP contribution in [0.3, 0.4) is 0 Å². The Kier molecular flexibility index (Phi) is 5.26. The first-order chi connectivity index (χ1) is 12.0. The van der Waals surface area contributed by atoms with Crippen LogP contribution in [-0.2, 0) is 9.59 Å². The van der Waals surface area contributed by atoms with E-state index in [-0.39, 0.29) is 11.8 Å². The van der Waals surface area contributed by atoms with Gasteiger partial charge in [-0.2, -0.15) is 0 Å². The largest absolute Gasteiger partial charge is 0.355 e. The zero-order chi connectivity index (χ0) is 17.9. The number of hydrogen-bond donors (Lipinski definition) is 1. The molecule has 1 fully saturated rings. The molecule has 25 heavy (non-hydrogen) atoms. The number of nitrogens with one attached hydrogen (secondary N) is 1. The lowest BCUT2D eigenvalue weighted by molar-refractivity contribution is -0.132. The quantitative estimate of drug-likeness (QED) is 0.880. The number of carbonyl (C=O) groups is 2. The third kappa shape index (κ3) is 3.48. The molecule has 1 aromatic rings. The molecule has 3 rings (SSSR count). The summed E-state index contributed by atoms with van der Waals surface area (Å²) in [6, 6.07) is 9.70. The van der Waals surface area contributed by atoms with Crippen LogP contribution < -0.4 is 10.2 Å². The minimum Gasteiger partial charge on any atom is -0.355 e. The molecule has 0 saturated carbocycles. The third-order valence-electron chi connectivity index (χ3n) is 5.35. The number of allylic oxidation sites excluding steroid dienone is 1. The maximum Gasteiger partial charge on any atom is 0.232 e. The normalized spacial score (nSPS) is 23.2. The average molecular weight is 340 g/mol. The summed E-state index contributed by atoms with van der Waals surface area (Å²) in [7, 11) is 0. The van der Waals surface area contributed by atoms with Gasteiger partial charge in [-0.25, -0.2) is 0 Å². The van der Waals surface area contributed by atoms with Gasteiger partial charge in [0.25, 0.3) is 0 Å². The molecule has 1 aliphatic heterocycles. The highest BCUT2D eigenvalue weighted by atomic mass is 16.2. The summed E-state index contributed by atoms with van der Waals surface area (Å²) in [6.07, 6.45) is 6.87. The lowest BCUT2D eigenvalue weighted by Gasteiger charge is -2.46. The van der Waals surface area contributed by atoms with Gasteiger partial charge in [-0.3, -0.25) is 14.5 Å². The molecule has 0 spiro atoms. The molecule has 1 atom stereocenters. The molecule has 1 N–H and O–H groups in total. The van der Waals surface area contributed by atoms with Gasteiger partial charge in [0.1, 0.15) is 0 Å². The van der Waals surface area contributed by atoms with Gasteiger partial charge in [0.15, 0.2) is 0 Å². The Bertz CT molecular complexity index is 666. The smallest absolute Gasteiger partial charge is 0.232 e. The van der Waals surface area contributed by atoms with Crippen molar-refractivity contribution in [2.24, 2.45) is 11.3 Å². The lowest BCUT2D eigenvalue weighted by atomic mass is 9.69. The molecule has 1 heterocycles. The minimum absolute atomic E-state index is 0.0879. The number of carbonyl (C=O) groups excluding carboxylic acids is 2. The van der Waals surface area contributed by atoms with Crippen LogP contribution in [0.4, 0.5) is 5.69 Å². The van der Waals surface area contributed by atoms with Crippen LogP contribution in [0.2, 0.25) is 0 Å². The number of fused-ring (bicyclic) bond motifs is 1. The lowest BCUT2D eigenvalue weighted by Crippen LogP contribution is -2.53. The fraction of sp³-hybridized carbons (Fsp3) is 0.524. The number of nitrogens with zero attached hydrogens (tertiary/aromatic N) is 1. The zero-order valence-electron chi connectivity index (χ0n) is 15.3. The van der Waals surface area contributed by atoms with E-state index < -0.39 is 5.41 Å². The number of piperidine rings is 1. The molecule has 2 amide bonds. The van der Waals surface area contributed by atoms with Crippen molar-refractivity contribution in [3.63, 3.8) is 0 Å². The van der Waals surface area contributed by atoms with E-state index in [2.05, 4.69) is 25.2 Å². The van der Waals surface area contributed by atoms with Gasteiger partial charge < -0.3 is 5.32 Å². The number of amides is 2. The predicted molar refractivity (Wildman–Crippen MR) is 100.0 cm³/mol. The van der Waals surface area contributed by atoms with Crippen LogP contribution in [0.25, 0.3) is 0 Å². The van der Waals surface area contributed by atoms with Crippen molar-refractivity contribution in [2.75, 3.05) is 11.4 Å². The number of para-hydroxylation sites is 1. The van der Waals surface area contributed by atoms with Crippen LogP contribution in [-0.4, -0.2) is 18.4 Å². The maximum atomic E-state index is 13.1. The van der Waals surface area contributed by atoms with Crippen molar-refractivity contribution in [1.29, 1.82) is 0 Å². The Hall–Kier alpha value is -2.10. The molecule has 4 heteroatoms. The Morgan fingerprint density at radius 1 is 1.24 bits per heavy atom. The summed E-state index contributed by atoms with van der Waals surface area (Å²) in [6.45, 7) is 5.02. The highest BCUT2D eigenvalue weighted by Crippen LogP contribution is 2.48. The topological polar surface area (TPSA) is 49.4 Å². The molecular formula is C21H28N2O2. The Balaban J connectivity index is 1.90. The summed E-state index contributed by atoms with van der Waals surface area (Å²) >= 11 is 0. The Labute approximate surface area is 150 Å².